The Kier molecular flexibility index (Phi) is 6.30. The summed E-state index contributed by atoms with van der Waals surface area (Å²) in [6.07, 6.45) is 10.6. The van der Waals surface area contributed by atoms with Crippen LogP contribution in [0.25, 0.3) is 0 Å². The predicted molar refractivity (Wildman–Crippen MR) is 77.1 cm³/mol. The molecule has 0 unspecified atom stereocenters. The molecule has 2 aliphatic rings. The molecule has 2 saturated carbocycles. The van der Waals surface area contributed by atoms with Crippen molar-refractivity contribution in [1.82, 2.24) is 5.32 Å². The molecule has 0 aliphatic heterocycles. The first-order valence-corrected chi connectivity index (χ1v) is 7.88. The van der Waals surface area contributed by atoms with Crippen LogP contribution in [-0.2, 0) is 9.53 Å². The van der Waals surface area contributed by atoms with E-state index in [-0.39, 0.29) is 18.6 Å². The molecule has 0 bridgehead atoms. The van der Waals surface area contributed by atoms with Crippen LogP contribution in [0.3, 0.4) is 0 Å². The molecule has 1 amide bonds. The topological polar surface area (TPSA) is 70.9 Å². The van der Waals surface area contributed by atoms with Gasteiger partial charge in [-0.05, 0) is 38.5 Å². The Labute approximate surface area is 120 Å². The number of hydrogen-bond donors (Lipinski definition) is 2. The third kappa shape index (κ3) is 5.12. The summed E-state index contributed by atoms with van der Waals surface area (Å²) in [5.41, 5.74) is 0.841. The molecule has 0 aromatic rings. The summed E-state index contributed by atoms with van der Waals surface area (Å²) < 4.78 is 5.66. The average Bonchev–Trinajstić information content (AvgIpc) is 2.74. The Bertz CT molecular complexity index is 326. The van der Waals surface area contributed by atoms with Crippen molar-refractivity contribution in [2.45, 2.75) is 76.4 Å². The molecule has 0 spiro atoms. The van der Waals surface area contributed by atoms with Gasteiger partial charge in [-0.25, -0.2) is 0 Å². The summed E-state index contributed by atoms with van der Waals surface area (Å²) in [7, 11) is 0. The molecule has 0 heterocycles. The highest BCUT2D eigenvalue weighted by Gasteiger charge is 2.20. The number of hydrogen-bond acceptors (Lipinski definition) is 4. The van der Waals surface area contributed by atoms with Crippen LogP contribution < -0.4 is 5.32 Å². The van der Waals surface area contributed by atoms with Crippen LogP contribution >= 0.6 is 0 Å². The van der Waals surface area contributed by atoms with E-state index in [4.69, 9.17) is 9.94 Å². The fourth-order valence-electron chi connectivity index (χ4n) is 3.08. The van der Waals surface area contributed by atoms with Gasteiger partial charge in [0.25, 0.3) is 0 Å². The van der Waals surface area contributed by atoms with Crippen molar-refractivity contribution in [1.29, 1.82) is 0 Å². The van der Waals surface area contributed by atoms with E-state index in [1.807, 2.05) is 0 Å². The highest BCUT2D eigenvalue weighted by atomic mass is 16.5. The van der Waals surface area contributed by atoms with Gasteiger partial charge in [-0.2, -0.15) is 0 Å². The molecule has 5 nitrogen and oxygen atoms in total. The summed E-state index contributed by atoms with van der Waals surface area (Å²) in [4.78, 5) is 11.9. The highest BCUT2D eigenvalue weighted by molar-refractivity contribution is 5.84. The van der Waals surface area contributed by atoms with Crippen molar-refractivity contribution >= 4 is 11.6 Å². The number of amides is 1. The van der Waals surface area contributed by atoms with Gasteiger partial charge in [-0.3, -0.25) is 4.79 Å². The normalized spacial score (nSPS) is 25.0. The molecule has 0 aromatic heterocycles. The fraction of sp³-hybridized carbons (Fsp3) is 0.867. The minimum Gasteiger partial charge on any atom is -0.411 e. The molecule has 2 rings (SSSR count). The van der Waals surface area contributed by atoms with Crippen LogP contribution in [0.2, 0.25) is 0 Å². The van der Waals surface area contributed by atoms with Gasteiger partial charge >= 0.3 is 0 Å². The van der Waals surface area contributed by atoms with Crippen molar-refractivity contribution in [2.24, 2.45) is 5.16 Å². The summed E-state index contributed by atoms with van der Waals surface area (Å²) in [5.74, 6) is 0.0125. The Morgan fingerprint density at radius 2 is 1.80 bits per heavy atom. The zero-order valence-corrected chi connectivity index (χ0v) is 12.1. The number of carbonyl (C=O) groups is 1. The molecular weight excluding hydrogens is 256 g/mol. The van der Waals surface area contributed by atoms with Crippen LogP contribution in [0.1, 0.15) is 64.2 Å². The first kappa shape index (κ1) is 15.3. The molecule has 5 heteroatoms. The number of oxime groups is 1. The molecule has 0 aromatic carbocycles. The second kappa shape index (κ2) is 8.25. The number of nitrogens with one attached hydrogen (secondary N) is 1. The third-order valence-corrected chi connectivity index (χ3v) is 4.32. The zero-order valence-electron chi connectivity index (χ0n) is 12.1. The predicted octanol–water partition coefficient (Wildman–Crippen LogP) is 2.61. The number of nitrogens with zero attached hydrogens (tertiary/aromatic N) is 1. The van der Waals surface area contributed by atoms with E-state index in [9.17, 15) is 4.79 Å². The van der Waals surface area contributed by atoms with Crippen LogP contribution in [0.15, 0.2) is 5.16 Å². The van der Waals surface area contributed by atoms with Gasteiger partial charge in [0.05, 0.1) is 11.8 Å². The second-order valence-corrected chi connectivity index (χ2v) is 5.93. The Hall–Kier alpha value is -1.10. The molecule has 2 N–H and O–H groups in total. The monoisotopic (exact) mass is 282 g/mol. The van der Waals surface area contributed by atoms with E-state index in [1.54, 1.807) is 0 Å². The lowest BCUT2D eigenvalue weighted by Gasteiger charge is -2.23. The van der Waals surface area contributed by atoms with E-state index in [2.05, 4.69) is 10.5 Å². The third-order valence-electron chi connectivity index (χ3n) is 4.32. The van der Waals surface area contributed by atoms with E-state index >= 15 is 0 Å². The SMILES string of the molecule is O=C(COC1CCC(=NO)CC1)NC1CCCCCC1. The van der Waals surface area contributed by atoms with E-state index < -0.39 is 0 Å². The van der Waals surface area contributed by atoms with Gasteiger partial charge in [0.1, 0.15) is 6.61 Å². The molecule has 0 atom stereocenters. The zero-order chi connectivity index (χ0) is 14.2. The number of ether oxygens (including phenoxy) is 1. The minimum atomic E-state index is 0.0125. The maximum Gasteiger partial charge on any atom is 0.246 e. The Morgan fingerprint density at radius 1 is 1.15 bits per heavy atom. The second-order valence-electron chi connectivity index (χ2n) is 5.93. The lowest BCUT2D eigenvalue weighted by Crippen LogP contribution is -2.38. The van der Waals surface area contributed by atoms with Crippen LogP contribution in [-0.4, -0.2) is 35.6 Å². The quantitative estimate of drug-likeness (QED) is 0.473. The molecule has 2 fully saturated rings. The summed E-state index contributed by atoms with van der Waals surface area (Å²) >= 11 is 0. The largest absolute Gasteiger partial charge is 0.411 e. The van der Waals surface area contributed by atoms with Crippen molar-refractivity contribution in [3.8, 4) is 0 Å². The standard InChI is InChI=1S/C15H26N2O3/c18-15(16-12-5-3-1-2-4-6-12)11-20-14-9-7-13(17-19)8-10-14/h12,14,19H,1-11H2,(H,16,18). The van der Waals surface area contributed by atoms with Crippen LogP contribution in [0.5, 0.6) is 0 Å². The highest BCUT2D eigenvalue weighted by Crippen LogP contribution is 2.19. The summed E-state index contributed by atoms with van der Waals surface area (Å²) in [5, 5.41) is 15.0. The molecule has 20 heavy (non-hydrogen) atoms. The van der Waals surface area contributed by atoms with Gasteiger partial charge < -0.3 is 15.3 Å². The Balaban J connectivity index is 1.62. The number of rotatable bonds is 4. The number of carbonyl (C=O) groups excluding carboxylic acids is 1. The van der Waals surface area contributed by atoms with E-state index in [0.29, 0.717) is 6.04 Å². The molecule has 114 valence electrons. The van der Waals surface area contributed by atoms with Crippen molar-refractivity contribution in [3.05, 3.63) is 0 Å². The summed E-state index contributed by atoms with van der Waals surface area (Å²) in [6.45, 7) is 0.159. The maximum atomic E-state index is 11.9. The summed E-state index contributed by atoms with van der Waals surface area (Å²) in [6, 6.07) is 0.341. The van der Waals surface area contributed by atoms with Gasteiger partial charge in [0, 0.05) is 6.04 Å². The van der Waals surface area contributed by atoms with E-state index in [0.717, 1.165) is 44.2 Å². The first-order valence-electron chi connectivity index (χ1n) is 7.88. The Morgan fingerprint density at radius 3 is 2.40 bits per heavy atom. The van der Waals surface area contributed by atoms with Gasteiger partial charge in [-0.1, -0.05) is 30.8 Å². The molecule has 2 aliphatic carbocycles. The molecule has 0 saturated heterocycles. The van der Waals surface area contributed by atoms with Crippen molar-refractivity contribution < 1.29 is 14.7 Å². The van der Waals surface area contributed by atoms with Crippen molar-refractivity contribution in [2.75, 3.05) is 6.61 Å². The van der Waals surface area contributed by atoms with Gasteiger partial charge in [0.2, 0.25) is 5.91 Å². The lowest BCUT2D eigenvalue weighted by molar-refractivity contribution is -0.128. The van der Waals surface area contributed by atoms with Gasteiger partial charge in [0.15, 0.2) is 0 Å². The average molecular weight is 282 g/mol. The van der Waals surface area contributed by atoms with Crippen LogP contribution in [0, 0.1) is 0 Å². The smallest absolute Gasteiger partial charge is 0.246 e. The van der Waals surface area contributed by atoms with Crippen molar-refractivity contribution in [3.63, 3.8) is 0 Å². The first-order chi connectivity index (χ1) is 9.78. The van der Waals surface area contributed by atoms with E-state index in [1.165, 1.54) is 25.7 Å². The maximum absolute atomic E-state index is 11.9. The molecular formula is C15H26N2O3. The van der Waals surface area contributed by atoms with Gasteiger partial charge in [-0.15, -0.1) is 0 Å². The minimum absolute atomic E-state index is 0.0125. The molecule has 0 radical (unpaired) electrons. The lowest BCUT2D eigenvalue weighted by atomic mass is 9.96. The van der Waals surface area contributed by atoms with Crippen LogP contribution in [0.4, 0.5) is 0 Å². The fourth-order valence-corrected chi connectivity index (χ4v) is 3.08.